The Bertz CT molecular complexity index is 304. The van der Waals surface area contributed by atoms with Gasteiger partial charge < -0.3 is 14.7 Å². The van der Waals surface area contributed by atoms with Crippen molar-refractivity contribution in [2.75, 3.05) is 13.2 Å². The molecule has 2 atom stereocenters. The molecule has 0 rings (SSSR count). The molecule has 0 spiro atoms. The third-order valence-electron chi connectivity index (χ3n) is 3.27. The Morgan fingerprint density at radius 2 is 1.80 bits per heavy atom. The molecule has 20 heavy (non-hydrogen) atoms. The second kappa shape index (κ2) is 9.75. The number of carbonyl (C=O) groups is 2. The van der Waals surface area contributed by atoms with Gasteiger partial charge in [0, 0.05) is 6.04 Å². The standard InChI is InChI=1S/C15H29NO4/c1-6-12(4)16(10-15(18)19)14(17)7-8-20-13(5)9-11(2)3/h11-13H,6-10H2,1-5H3,(H,18,19). The van der Waals surface area contributed by atoms with Gasteiger partial charge >= 0.3 is 5.97 Å². The number of aliphatic carboxylic acids is 1. The van der Waals surface area contributed by atoms with Crippen LogP contribution < -0.4 is 0 Å². The maximum atomic E-state index is 12.1. The van der Waals surface area contributed by atoms with Gasteiger partial charge in [0.1, 0.15) is 6.54 Å². The van der Waals surface area contributed by atoms with Crippen LogP contribution in [0.4, 0.5) is 0 Å². The monoisotopic (exact) mass is 287 g/mol. The van der Waals surface area contributed by atoms with Crippen LogP contribution in [0, 0.1) is 5.92 Å². The highest BCUT2D eigenvalue weighted by Gasteiger charge is 2.21. The van der Waals surface area contributed by atoms with E-state index < -0.39 is 5.97 Å². The summed E-state index contributed by atoms with van der Waals surface area (Å²) >= 11 is 0. The first-order valence-electron chi connectivity index (χ1n) is 7.40. The number of carboxylic acid groups (broad SMARTS) is 1. The molecule has 0 aromatic carbocycles. The van der Waals surface area contributed by atoms with E-state index in [0.717, 1.165) is 12.8 Å². The number of nitrogens with zero attached hydrogens (tertiary/aromatic N) is 1. The smallest absolute Gasteiger partial charge is 0.323 e. The topological polar surface area (TPSA) is 66.8 Å². The van der Waals surface area contributed by atoms with E-state index in [9.17, 15) is 9.59 Å². The molecule has 0 aliphatic heterocycles. The highest BCUT2D eigenvalue weighted by atomic mass is 16.5. The van der Waals surface area contributed by atoms with Crippen LogP contribution in [0.15, 0.2) is 0 Å². The number of hydrogen-bond acceptors (Lipinski definition) is 3. The average Bonchev–Trinajstić information content (AvgIpc) is 2.33. The fourth-order valence-electron chi connectivity index (χ4n) is 2.08. The van der Waals surface area contributed by atoms with Gasteiger partial charge in [-0.15, -0.1) is 0 Å². The highest BCUT2D eigenvalue weighted by Crippen LogP contribution is 2.09. The Hall–Kier alpha value is -1.10. The van der Waals surface area contributed by atoms with Crippen molar-refractivity contribution >= 4 is 11.9 Å². The van der Waals surface area contributed by atoms with Crippen LogP contribution in [-0.4, -0.2) is 47.2 Å². The number of hydrogen-bond donors (Lipinski definition) is 1. The van der Waals surface area contributed by atoms with Gasteiger partial charge in [-0.2, -0.15) is 0 Å². The molecule has 0 aliphatic carbocycles. The summed E-state index contributed by atoms with van der Waals surface area (Å²) in [5, 5.41) is 8.86. The Morgan fingerprint density at radius 3 is 2.25 bits per heavy atom. The summed E-state index contributed by atoms with van der Waals surface area (Å²) in [6.45, 7) is 10.2. The van der Waals surface area contributed by atoms with Gasteiger partial charge in [0.15, 0.2) is 0 Å². The van der Waals surface area contributed by atoms with Gasteiger partial charge in [0.05, 0.1) is 19.1 Å². The molecule has 2 unspecified atom stereocenters. The molecular weight excluding hydrogens is 258 g/mol. The molecule has 5 nitrogen and oxygen atoms in total. The van der Waals surface area contributed by atoms with Crippen molar-refractivity contribution in [1.29, 1.82) is 0 Å². The molecule has 1 N–H and O–H groups in total. The zero-order chi connectivity index (χ0) is 15.7. The Balaban J connectivity index is 4.22. The summed E-state index contributed by atoms with van der Waals surface area (Å²) in [5.74, 6) is -0.574. The van der Waals surface area contributed by atoms with Crippen LogP contribution in [-0.2, 0) is 14.3 Å². The molecule has 0 saturated heterocycles. The van der Waals surface area contributed by atoms with Gasteiger partial charge in [0.2, 0.25) is 5.91 Å². The maximum Gasteiger partial charge on any atom is 0.323 e. The largest absolute Gasteiger partial charge is 0.480 e. The van der Waals surface area contributed by atoms with Crippen molar-refractivity contribution in [3.63, 3.8) is 0 Å². The minimum absolute atomic E-state index is 0.0633. The lowest BCUT2D eigenvalue weighted by Gasteiger charge is -2.27. The second-order valence-corrected chi connectivity index (χ2v) is 5.73. The zero-order valence-electron chi connectivity index (χ0n) is 13.4. The molecule has 118 valence electrons. The van der Waals surface area contributed by atoms with Gasteiger partial charge in [-0.25, -0.2) is 0 Å². The van der Waals surface area contributed by atoms with Gasteiger partial charge in [-0.3, -0.25) is 9.59 Å². The first kappa shape index (κ1) is 18.9. The van der Waals surface area contributed by atoms with Crippen molar-refractivity contribution in [3.05, 3.63) is 0 Å². The number of amides is 1. The zero-order valence-corrected chi connectivity index (χ0v) is 13.4. The van der Waals surface area contributed by atoms with Crippen molar-refractivity contribution in [2.45, 2.75) is 66.0 Å². The summed E-state index contributed by atoms with van der Waals surface area (Å²) in [6, 6.07) is -0.0633. The van der Waals surface area contributed by atoms with Crippen LogP contribution in [0.25, 0.3) is 0 Å². The van der Waals surface area contributed by atoms with E-state index in [0.29, 0.717) is 12.5 Å². The van der Waals surface area contributed by atoms with E-state index in [4.69, 9.17) is 9.84 Å². The summed E-state index contributed by atoms with van der Waals surface area (Å²) in [7, 11) is 0. The number of carbonyl (C=O) groups excluding carboxylic acids is 1. The molecule has 0 bridgehead atoms. The van der Waals surface area contributed by atoms with Crippen molar-refractivity contribution in [2.24, 2.45) is 5.92 Å². The molecule has 1 amide bonds. The number of rotatable bonds is 10. The maximum absolute atomic E-state index is 12.1. The van der Waals surface area contributed by atoms with Crippen LogP contribution in [0.2, 0.25) is 0 Å². The Labute approximate surface area is 122 Å². The Morgan fingerprint density at radius 1 is 1.20 bits per heavy atom. The van der Waals surface area contributed by atoms with Crippen LogP contribution in [0.3, 0.4) is 0 Å². The summed E-state index contributed by atoms with van der Waals surface area (Å²) in [5.41, 5.74) is 0. The third kappa shape index (κ3) is 8.15. The minimum atomic E-state index is -0.979. The predicted octanol–water partition coefficient (Wildman–Crippen LogP) is 2.54. The molecule has 0 radical (unpaired) electrons. The molecule has 0 aromatic rings. The van der Waals surface area contributed by atoms with E-state index >= 15 is 0 Å². The van der Waals surface area contributed by atoms with E-state index in [-0.39, 0.29) is 31.0 Å². The lowest BCUT2D eigenvalue weighted by Crippen LogP contribution is -2.42. The van der Waals surface area contributed by atoms with Crippen LogP contribution in [0.5, 0.6) is 0 Å². The minimum Gasteiger partial charge on any atom is -0.480 e. The summed E-state index contributed by atoms with van der Waals surface area (Å²) in [6.07, 6.45) is 2.06. The fraction of sp³-hybridized carbons (Fsp3) is 0.867. The van der Waals surface area contributed by atoms with Crippen LogP contribution in [0.1, 0.15) is 53.9 Å². The van der Waals surface area contributed by atoms with E-state index in [1.54, 1.807) is 0 Å². The second-order valence-electron chi connectivity index (χ2n) is 5.73. The highest BCUT2D eigenvalue weighted by molar-refractivity contribution is 5.81. The van der Waals surface area contributed by atoms with Gasteiger partial charge in [-0.1, -0.05) is 20.8 Å². The van der Waals surface area contributed by atoms with Gasteiger partial charge in [-0.05, 0) is 32.6 Å². The number of carboxylic acids is 1. The van der Waals surface area contributed by atoms with Crippen molar-refractivity contribution in [1.82, 2.24) is 4.90 Å². The fourth-order valence-corrected chi connectivity index (χ4v) is 2.08. The molecule has 0 aromatic heterocycles. The van der Waals surface area contributed by atoms with Crippen molar-refractivity contribution < 1.29 is 19.4 Å². The quantitative estimate of drug-likeness (QED) is 0.670. The van der Waals surface area contributed by atoms with Crippen LogP contribution >= 0.6 is 0 Å². The predicted molar refractivity (Wildman–Crippen MR) is 78.6 cm³/mol. The summed E-state index contributed by atoms with van der Waals surface area (Å²) in [4.78, 5) is 24.3. The molecule has 0 heterocycles. The average molecular weight is 287 g/mol. The Kier molecular flexibility index (Phi) is 9.21. The lowest BCUT2D eigenvalue weighted by atomic mass is 10.1. The first-order chi connectivity index (χ1) is 9.27. The molecule has 0 aliphatic rings. The molecular formula is C15H29NO4. The lowest BCUT2D eigenvalue weighted by molar-refractivity contribution is -0.146. The first-order valence-corrected chi connectivity index (χ1v) is 7.40. The molecule has 0 saturated carbocycles. The van der Waals surface area contributed by atoms with E-state index in [1.807, 2.05) is 20.8 Å². The normalized spacial score (nSPS) is 14.1. The molecule has 0 fully saturated rings. The van der Waals surface area contributed by atoms with Crippen molar-refractivity contribution in [3.8, 4) is 0 Å². The summed E-state index contributed by atoms with van der Waals surface area (Å²) < 4.78 is 5.60. The van der Waals surface area contributed by atoms with Gasteiger partial charge in [0.25, 0.3) is 0 Å². The molecule has 5 heteroatoms. The third-order valence-corrected chi connectivity index (χ3v) is 3.27. The van der Waals surface area contributed by atoms with E-state index in [2.05, 4.69) is 13.8 Å². The van der Waals surface area contributed by atoms with E-state index in [1.165, 1.54) is 4.90 Å². The number of ether oxygens (including phenoxy) is 1. The SMILES string of the molecule is CCC(C)N(CC(=O)O)C(=O)CCOC(C)CC(C)C.